The standard InChI is InChI=1S/C20H14BrN3O3/c1-26-17-7-6-12(16-11-22-13-4-2-3-5-14(13)23-16)10-15(17)24-20(25)18-8-9-19(21)27-18/h2-11H,1H3,(H,24,25). The van der Waals surface area contributed by atoms with Gasteiger partial charge in [-0.3, -0.25) is 9.78 Å². The molecule has 0 aliphatic rings. The molecule has 0 aliphatic carbocycles. The Labute approximate surface area is 163 Å². The Morgan fingerprint density at radius 1 is 1.11 bits per heavy atom. The lowest BCUT2D eigenvalue weighted by molar-refractivity contribution is 0.0995. The predicted molar refractivity (Wildman–Crippen MR) is 106 cm³/mol. The first kappa shape index (κ1) is 17.2. The third-order valence-electron chi connectivity index (χ3n) is 3.99. The smallest absolute Gasteiger partial charge is 0.291 e. The van der Waals surface area contributed by atoms with Crippen LogP contribution in [0.1, 0.15) is 10.6 Å². The SMILES string of the molecule is COc1ccc(-c2cnc3ccccc3n2)cc1NC(=O)c1ccc(Br)o1. The summed E-state index contributed by atoms with van der Waals surface area (Å²) in [4.78, 5) is 21.5. The van der Waals surface area contributed by atoms with Gasteiger partial charge in [-0.1, -0.05) is 12.1 Å². The number of aromatic nitrogens is 2. The zero-order valence-electron chi connectivity index (χ0n) is 14.3. The fourth-order valence-electron chi connectivity index (χ4n) is 2.68. The summed E-state index contributed by atoms with van der Waals surface area (Å²) < 4.78 is 11.1. The van der Waals surface area contributed by atoms with E-state index < -0.39 is 0 Å². The van der Waals surface area contributed by atoms with E-state index in [0.29, 0.717) is 21.8 Å². The van der Waals surface area contributed by atoms with E-state index in [2.05, 4.69) is 31.2 Å². The Morgan fingerprint density at radius 3 is 2.67 bits per heavy atom. The number of halogens is 1. The van der Waals surface area contributed by atoms with Crippen LogP contribution in [0.25, 0.3) is 22.3 Å². The van der Waals surface area contributed by atoms with Gasteiger partial charge in [0.05, 0.1) is 35.7 Å². The predicted octanol–water partition coefficient (Wildman–Crippen LogP) is 4.91. The lowest BCUT2D eigenvalue weighted by atomic mass is 10.1. The summed E-state index contributed by atoms with van der Waals surface area (Å²) >= 11 is 3.19. The molecular formula is C20H14BrN3O3. The zero-order valence-corrected chi connectivity index (χ0v) is 15.9. The van der Waals surface area contributed by atoms with E-state index in [1.807, 2.05) is 30.3 Å². The largest absolute Gasteiger partial charge is 0.495 e. The summed E-state index contributed by atoms with van der Waals surface area (Å²) in [6.07, 6.45) is 1.71. The van der Waals surface area contributed by atoms with Gasteiger partial charge in [-0.25, -0.2) is 4.98 Å². The first-order valence-electron chi connectivity index (χ1n) is 8.11. The van der Waals surface area contributed by atoms with Gasteiger partial charge < -0.3 is 14.5 Å². The van der Waals surface area contributed by atoms with Gasteiger partial charge in [0.25, 0.3) is 5.91 Å². The molecule has 2 heterocycles. The van der Waals surface area contributed by atoms with Gasteiger partial charge in [-0.2, -0.15) is 0 Å². The van der Waals surface area contributed by atoms with Crippen molar-refractivity contribution in [2.24, 2.45) is 0 Å². The lowest BCUT2D eigenvalue weighted by Crippen LogP contribution is -2.11. The number of furan rings is 1. The number of hydrogen-bond donors (Lipinski definition) is 1. The summed E-state index contributed by atoms with van der Waals surface area (Å²) in [5, 5.41) is 2.81. The molecule has 2 aromatic carbocycles. The topological polar surface area (TPSA) is 77.3 Å². The van der Waals surface area contributed by atoms with Crippen LogP contribution in [0.2, 0.25) is 0 Å². The molecular weight excluding hydrogens is 410 g/mol. The number of hydrogen-bond acceptors (Lipinski definition) is 5. The number of rotatable bonds is 4. The second-order valence-corrected chi connectivity index (χ2v) is 6.50. The van der Waals surface area contributed by atoms with Crippen LogP contribution in [0.4, 0.5) is 5.69 Å². The minimum Gasteiger partial charge on any atom is -0.495 e. The normalized spacial score (nSPS) is 10.7. The van der Waals surface area contributed by atoms with Crippen molar-refractivity contribution in [3.63, 3.8) is 0 Å². The number of nitrogens with zero attached hydrogens (tertiary/aromatic N) is 2. The van der Waals surface area contributed by atoms with E-state index >= 15 is 0 Å². The van der Waals surface area contributed by atoms with E-state index in [4.69, 9.17) is 9.15 Å². The van der Waals surface area contributed by atoms with Crippen LogP contribution in [0.5, 0.6) is 5.75 Å². The zero-order chi connectivity index (χ0) is 18.8. The summed E-state index contributed by atoms with van der Waals surface area (Å²) in [5.74, 6) is 0.354. The number of fused-ring (bicyclic) bond motifs is 1. The number of nitrogens with one attached hydrogen (secondary N) is 1. The molecule has 0 atom stereocenters. The molecule has 0 spiro atoms. The van der Waals surface area contributed by atoms with Crippen molar-refractivity contribution in [1.82, 2.24) is 9.97 Å². The summed E-state index contributed by atoms with van der Waals surface area (Å²) in [7, 11) is 1.55. The van der Waals surface area contributed by atoms with Gasteiger partial charge in [-0.05, 0) is 58.4 Å². The molecule has 0 aliphatic heterocycles. The number of amides is 1. The third kappa shape index (κ3) is 3.54. The number of carbonyl (C=O) groups excluding carboxylic acids is 1. The molecule has 0 bridgehead atoms. The molecule has 0 radical (unpaired) electrons. The van der Waals surface area contributed by atoms with E-state index in [-0.39, 0.29) is 11.7 Å². The lowest BCUT2D eigenvalue weighted by Gasteiger charge is -2.11. The second-order valence-electron chi connectivity index (χ2n) is 5.72. The van der Waals surface area contributed by atoms with Gasteiger partial charge in [-0.15, -0.1) is 0 Å². The highest BCUT2D eigenvalue weighted by molar-refractivity contribution is 9.10. The average molecular weight is 424 g/mol. The van der Waals surface area contributed by atoms with Crippen LogP contribution in [-0.2, 0) is 0 Å². The molecule has 0 saturated carbocycles. The average Bonchev–Trinajstić information content (AvgIpc) is 3.14. The number of ether oxygens (including phenoxy) is 1. The van der Waals surface area contributed by atoms with Crippen LogP contribution in [-0.4, -0.2) is 23.0 Å². The van der Waals surface area contributed by atoms with Crippen molar-refractivity contribution in [2.45, 2.75) is 0 Å². The highest BCUT2D eigenvalue weighted by atomic mass is 79.9. The molecule has 1 amide bonds. The number of benzene rings is 2. The van der Waals surface area contributed by atoms with Crippen LogP contribution in [0, 0.1) is 0 Å². The maximum atomic E-state index is 12.4. The molecule has 4 aromatic rings. The van der Waals surface area contributed by atoms with Gasteiger partial charge in [0.2, 0.25) is 0 Å². The molecule has 6 nitrogen and oxygen atoms in total. The monoisotopic (exact) mass is 423 g/mol. The Bertz CT molecular complexity index is 1140. The fourth-order valence-corrected chi connectivity index (χ4v) is 2.99. The third-order valence-corrected chi connectivity index (χ3v) is 4.42. The van der Waals surface area contributed by atoms with Crippen LogP contribution >= 0.6 is 15.9 Å². The molecule has 2 aromatic heterocycles. The van der Waals surface area contributed by atoms with Crippen molar-refractivity contribution < 1.29 is 13.9 Å². The molecule has 134 valence electrons. The van der Waals surface area contributed by atoms with Crippen molar-refractivity contribution in [3.05, 3.63) is 71.2 Å². The first-order valence-corrected chi connectivity index (χ1v) is 8.90. The Kier molecular flexibility index (Phi) is 4.60. The number of methoxy groups -OCH3 is 1. The molecule has 27 heavy (non-hydrogen) atoms. The van der Waals surface area contributed by atoms with Crippen molar-refractivity contribution in [3.8, 4) is 17.0 Å². The van der Waals surface area contributed by atoms with E-state index in [9.17, 15) is 4.79 Å². The Morgan fingerprint density at radius 2 is 1.93 bits per heavy atom. The quantitative estimate of drug-likeness (QED) is 0.504. The van der Waals surface area contributed by atoms with Gasteiger partial charge >= 0.3 is 0 Å². The van der Waals surface area contributed by atoms with E-state index in [1.54, 1.807) is 37.6 Å². The van der Waals surface area contributed by atoms with Gasteiger partial charge in [0, 0.05) is 5.56 Å². The molecule has 0 fully saturated rings. The molecule has 0 saturated heterocycles. The number of anilines is 1. The van der Waals surface area contributed by atoms with Crippen LogP contribution < -0.4 is 10.1 Å². The number of para-hydroxylation sites is 2. The van der Waals surface area contributed by atoms with Crippen molar-refractivity contribution in [2.75, 3.05) is 12.4 Å². The molecule has 0 unspecified atom stereocenters. The molecule has 4 rings (SSSR count). The summed E-state index contributed by atoms with van der Waals surface area (Å²) in [6, 6.07) is 16.4. The van der Waals surface area contributed by atoms with Gasteiger partial charge in [0.15, 0.2) is 10.4 Å². The highest BCUT2D eigenvalue weighted by Crippen LogP contribution is 2.31. The summed E-state index contributed by atoms with van der Waals surface area (Å²) in [5.41, 5.74) is 3.66. The van der Waals surface area contributed by atoms with Crippen molar-refractivity contribution in [1.29, 1.82) is 0 Å². The van der Waals surface area contributed by atoms with Crippen molar-refractivity contribution >= 4 is 38.6 Å². The minimum atomic E-state index is -0.374. The Balaban J connectivity index is 1.70. The summed E-state index contributed by atoms with van der Waals surface area (Å²) in [6.45, 7) is 0. The number of carbonyl (C=O) groups is 1. The fraction of sp³-hybridized carbons (Fsp3) is 0.0500. The Hall–Kier alpha value is -3.19. The molecule has 1 N–H and O–H groups in total. The maximum Gasteiger partial charge on any atom is 0.291 e. The van der Waals surface area contributed by atoms with E-state index in [1.165, 1.54) is 0 Å². The first-order chi connectivity index (χ1) is 13.1. The van der Waals surface area contributed by atoms with Crippen LogP contribution in [0.3, 0.4) is 0 Å². The van der Waals surface area contributed by atoms with Crippen LogP contribution in [0.15, 0.2) is 69.9 Å². The highest BCUT2D eigenvalue weighted by Gasteiger charge is 2.15. The molecule has 7 heteroatoms. The second kappa shape index (κ2) is 7.20. The van der Waals surface area contributed by atoms with Gasteiger partial charge in [0.1, 0.15) is 5.75 Å². The maximum absolute atomic E-state index is 12.4. The van der Waals surface area contributed by atoms with E-state index in [0.717, 1.165) is 16.6 Å². The minimum absolute atomic E-state index is 0.194.